The van der Waals surface area contributed by atoms with Crippen molar-refractivity contribution in [3.05, 3.63) is 52.2 Å². The van der Waals surface area contributed by atoms with Crippen LogP contribution in [0.15, 0.2) is 46.7 Å². The Kier molecular flexibility index (Phi) is 6.24. The molecule has 0 aliphatic carbocycles. The molecule has 2 rings (SSSR count). The number of Topliss-reactive ketones (excluding diaryl/α,β-unsaturated/α-hetero) is 1. The number of sulfonamides is 1. The second-order valence-electron chi connectivity index (χ2n) is 5.09. The van der Waals surface area contributed by atoms with Crippen LogP contribution >= 0.6 is 11.3 Å². The Morgan fingerprint density at radius 3 is 2.62 bits per heavy atom. The first kappa shape index (κ1) is 18.3. The summed E-state index contributed by atoms with van der Waals surface area (Å²) in [4.78, 5) is 24.1. The summed E-state index contributed by atoms with van der Waals surface area (Å²) in [5.74, 6) is -0.441. The lowest BCUT2D eigenvalue weighted by Crippen LogP contribution is -2.30. The summed E-state index contributed by atoms with van der Waals surface area (Å²) >= 11 is 1.54. The molecule has 0 bridgehead atoms. The second kappa shape index (κ2) is 8.18. The highest BCUT2D eigenvalue weighted by Crippen LogP contribution is 2.12. The fraction of sp³-hybridized carbons (Fsp3) is 0.250. The smallest absolute Gasteiger partial charge is 0.240 e. The number of hydrogen-bond acceptors (Lipinski definition) is 5. The molecule has 0 atom stereocenters. The number of thiophene rings is 1. The minimum absolute atomic E-state index is 0.00851. The third kappa shape index (κ3) is 5.26. The van der Waals surface area contributed by atoms with E-state index in [9.17, 15) is 18.0 Å². The number of benzene rings is 1. The zero-order valence-electron chi connectivity index (χ0n) is 13.1. The van der Waals surface area contributed by atoms with Crippen molar-refractivity contribution in [2.45, 2.75) is 24.8 Å². The van der Waals surface area contributed by atoms with Crippen LogP contribution in [0, 0.1) is 0 Å². The van der Waals surface area contributed by atoms with E-state index >= 15 is 0 Å². The first-order valence-corrected chi connectivity index (χ1v) is 9.64. The van der Waals surface area contributed by atoms with E-state index < -0.39 is 10.0 Å². The van der Waals surface area contributed by atoms with Crippen molar-refractivity contribution >= 4 is 33.1 Å². The molecular formula is C16H18N2O4S2. The number of amides is 1. The molecule has 0 fully saturated rings. The maximum absolute atomic E-state index is 12.2. The molecule has 2 N–H and O–H groups in total. The first-order chi connectivity index (χ1) is 11.4. The summed E-state index contributed by atoms with van der Waals surface area (Å²) in [5.41, 5.74) is 0.326. The molecule has 0 saturated carbocycles. The fourth-order valence-electron chi connectivity index (χ4n) is 1.95. The number of nitrogens with one attached hydrogen (secondary N) is 2. The molecule has 128 valence electrons. The maximum Gasteiger partial charge on any atom is 0.240 e. The van der Waals surface area contributed by atoms with Crippen LogP contribution in [0.2, 0.25) is 0 Å². The van der Waals surface area contributed by atoms with Crippen molar-refractivity contribution < 1.29 is 18.0 Å². The number of rotatable bonds is 8. The Balaban J connectivity index is 1.85. The van der Waals surface area contributed by atoms with E-state index in [1.54, 1.807) is 17.4 Å². The Labute approximate surface area is 145 Å². The van der Waals surface area contributed by atoms with E-state index in [1.165, 1.54) is 25.1 Å². The fourth-order valence-corrected chi connectivity index (χ4v) is 3.67. The van der Waals surface area contributed by atoms with Gasteiger partial charge in [-0.15, -0.1) is 11.3 Å². The first-order valence-electron chi connectivity index (χ1n) is 7.28. The Hall–Kier alpha value is -2.03. The Bertz CT molecular complexity index is 814. The number of carbonyl (C=O) groups excluding carboxylic acids is 2. The van der Waals surface area contributed by atoms with Gasteiger partial charge < -0.3 is 5.32 Å². The van der Waals surface area contributed by atoms with E-state index in [4.69, 9.17) is 0 Å². The molecule has 0 saturated heterocycles. The zero-order valence-corrected chi connectivity index (χ0v) is 14.7. The highest BCUT2D eigenvalue weighted by Gasteiger charge is 2.15. The summed E-state index contributed by atoms with van der Waals surface area (Å²) in [6.45, 7) is 1.80. The Morgan fingerprint density at radius 2 is 1.96 bits per heavy atom. The largest absolute Gasteiger partial charge is 0.351 e. The molecule has 2 aromatic rings. The van der Waals surface area contributed by atoms with Gasteiger partial charge in [0.1, 0.15) is 0 Å². The van der Waals surface area contributed by atoms with Crippen LogP contribution in [-0.2, 0) is 21.4 Å². The van der Waals surface area contributed by atoms with Crippen LogP contribution < -0.4 is 10.0 Å². The lowest BCUT2D eigenvalue weighted by atomic mass is 10.2. The monoisotopic (exact) mass is 366 g/mol. The van der Waals surface area contributed by atoms with Gasteiger partial charge in [-0.05, 0) is 30.5 Å². The summed E-state index contributed by atoms with van der Waals surface area (Å²) in [7, 11) is -3.75. The highest BCUT2D eigenvalue weighted by atomic mass is 32.2. The maximum atomic E-state index is 12.2. The highest BCUT2D eigenvalue weighted by molar-refractivity contribution is 7.89. The molecule has 0 radical (unpaired) electrons. The minimum Gasteiger partial charge on any atom is -0.351 e. The molecular weight excluding hydrogens is 348 g/mol. The average Bonchev–Trinajstić information content (AvgIpc) is 3.06. The molecule has 0 aliphatic heterocycles. The molecule has 0 aliphatic rings. The predicted molar refractivity (Wildman–Crippen MR) is 92.4 cm³/mol. The molecule has 6 nitrogen and oxygen atoms in total. The van der Waals surface area contributed by atoms with Gasteiger partial charge in [-0.2, -0.15) is 0 Å². The summed E-state index contributed by atoms with van der Waals surface area (Å²) in [5, 5.41) is 4.65. The minimum atomic E-state index is -3.75. The molecule has 0 spiro atoms. The number of carbonyl (C=O) groups is 2. The number of ketones is 1. The predicted octanol–water partition coefficient (Wildman–Crippen LogP) is 1.94. The van der Waals surface area contributed by atoms with Gasteiger partial charge in [0, 0.05) is 23.4 Å². The van der Waals surface area contributed by atoms with Gasteiger partial charge in [0.15, 0.2) is 5.78 Å². The quantitative estimate of drug-likeness (QED) is 0.698. The molecule has 8 heteroatoms. The van der Waals surface area contributed by atoms with Gasteiger partial charge in [-0.3, -0.25) is 9.59 Å². The van der Waals surface area contributed by atoms with Crippen LogP contribution in [0.3, 0.4) is 0 Å². The van der Waals surface area contributed by atoms with Gasteiger partial charge in [-0.1, -0.05) is 18.2 Å². The van der Waals surface area contributed by atoms with E-state index in [0.29, 0.717) is 12.1 Å². The molecule has 1 aromatic heterocycles. The van der Waals surface area contributed by atoms with Gasteiger partial charge in [0.25, 0.3) is 0 Å². The van der Waals surface area contributed by atoms with Crippen molar-refractivity contribution in [2.24, 2.45) is 0 Å². The van der Waals surface area contributed by atoms with Crippen LogP contribution in [-0.4, -0.2) is 26.7 Å². The van der Waals surface area contributed by atoms with Crippen LogP contribution in [0.4, 0.5) is 0 Å². The van der Waals surface area contributed by atoms with Crippen LogP contribution in [0.5, 0.6) is 0 Å². The second-order valence-corrected chi connectivity index (χ2v) is 7.89. The van der Waals surface area contributed by atoms with E-state index in [0.717, 1.165) is 4.88 Å². The SMILES string of the molecule is CC(=O)c1cccc(S(=O)(=O)NCCC(=O)NCc2cccs2)c1. The lowest BCUT2D eigenvalue weighted by molar-refractivity contribution is -0.121. The van der Waals surface area contributed by atoms with Crippen molar-refractivity contribution in [1.29, 1.82) is 0 Å². The summed E-state index contributed by atoms with van der Waals surface area (Å²) < 4.78 is 26.7. The zero-order chi connectivity index (χ0) is 17.6. The molecule has 1 aromatic carbocycles. The average molecular weight is 366 g/mol. The normalized spacial score (nSPS) is 11.2. The standard InChI is InChI=1S/C16H18N2O4S2/c1-12(19)13-4-2-6-15(10-13)24(21,22)18-8-7-16(20)17-11-14-5-3-9-23-14/h2-6,9-10,18H,7-8,11H2,1H3,(H,17,20). The number of hydrogen-bond donors (Lipinski definition) is 2. The Morgan fingerprint density at radius 1 is 1.17 bits per heavy atom. The van der Waals surface area contributed by atoms with Gasteiger partial charge >= 0.3 is 0 Å². The van der Waals surface area contributed by atoms with Crippen molar-refractivity contribution in [2.75, 3.05) is 6.54 Å². The van der Waals surface area contributed by atoms with Crippen molar-refractivity contribution in [3.8, 4) is 0 Å². The van der Waals surface area contributed by atoms with Gasteiger partial charge in [-0.25, -0.2) is 13.1 Å². The summed E-state index contributed by atoms with van der Waals surface area (Å²) in [6, 6.07) is 9.61. The van der Waals surface area contributed by atoms with Crippen molar-refractivity contribution in [3.63, 3.8) is 0 Å². The topological polar surface area (TPSA) is 92.3 Å². The molecule has 0 unspecified atom stereocenters. The molecule has 24 heavy (non-hydrogen) atoms. The lowest BCUT2D eigenvalue weighted by Gasteiger charge is -2.08. The third-order valence-electron chi connectivity index (χ3n) is 3.23. The van der Waals surface area contributed by atoms with E-state index in [2.05, 4.69) is 10.0 Å². The molecule has 1 heterocycles. The van der Waals surface area contributed by atoms with E-state index in [-0.39, 0.29) is 29.6 Å². The van der Waals surface area contributed by atoms with Gasteiger partial charge in [0.05, 0.1) is 11.4 Å². The molecule has 1 amide bonds. The van der Waals surface area contributed by atoms with Crippen LogP contribution in [0.25, 0.3) is 0 Å². The summed E-state index contributed by atoms with van der Waals surface area (Å²) in [6.07, 6.45) is 0.0387. The third-order valence-corrected chi connectivity index (χ3v) is 5.57. The van der Waals surface area contributed by atoms with E-state index in [1.807, 2.05) is 17.5 Å². The van der Waals surface area contributed by atoms with Crippen LogP contribution in [0.1, 0.15) is 28.6 Å². The van der Waals surface area contributed by atoms with Crippen molar-refractivity contribution in [1.82, 2.24) is 10.0 Å². The van der Waals surface area contributed by atoms with Gasteiger partial charge in [0.2, 0.25) is 15.9 Å².